The van der Waals surface area contributed by atoms with E-state index in [4.69, 9.17) is 4.74 Å². The number of aliphatic hydroxyl groups excluding tert-OH is 1. The first-order valence-corrected chi connectivity index (χ1v) is 16.7. The van der Waals surface area contributed by atoms with Gasteiger partial charge in [0.05, 0.1) is 41.4 Å². The number of aliphatic hydroxyl groups is 1. The minimum absolute atomic E-state index is 0.101. The van der Waals surface area contributed by atoms with E-state index in [-0.39, 0.29) is 38.2 Å². The van der Waals surface area contributed by atoms with Crippen molar-refractivity contribution in [1.29, 1.82) is 0 Å². The quantitative estimate of drug-likeness (QED) is 0.159. The van der Waals surface area contributed by atoms with E-state index in [1.807, 2.05) is 61.5 Å². The molecular formula is C35H41N5O5S. The van der Waals surface area contributed by atoms with Crippen LogP contribution in [-0.2, 0) is 32.2 Å². The van der Waals surface area contributed by atoms with Gasteiger partial charge in [-0.15, -0.1) is 30.0 Å². The number of para-hydroxylation sites is 1. The van der Waals surface area contributed by atoms with E-state index in [0.29, 0.717) is 31.2 Å². The number of hydrogen-bond acceptors (Lipinski definition) is 8. The third-order valence-electron chi connectivity index (χ3n) is 9.80. The van der Waals surface area contributed by atoms with Crippen LogP contribution in [0.15, 0.2) is 79.9 Å². The summed E-state index contributed by atoms with van der Waals surface area (Å²) in [6.07, 6.45) is 6.44. The normalized spacial score (nSPS) is 27.0. The molecule has 0 aliphatic carbocycles. The van der Waals surface area contributed by atoms with Gasteiger partial charge in [0.25, 0.3) is 0 Å². The minimum atomic E-state index is -0.911. The molecule has 2 bridgehead atoms. The Morgan fingerprint density at radius 2 is 1.91 bits per heavy atom. The van der Waals surface area contributed by atoms with Crippen LogP contribution in [0.3, 0.4) is 0 Å². The Hall–Kier alpha value is -3.96. The number of hydrogen-bond donors (Lipinski definition) is 1. The van der Waals surface area contributed by atoms with Crippen molar-refractivity contribution in [2.75, 3.05) is 19.8 Å². The number of carbonyl (C=O) groups is 3. The van der Waals surface area contributed by atoms with Gasteiger partial charge in [-0.2, -0.15) is 0 Å². The molecule has 6 rings (SSSR count). The monoisotopic (exact) mass is 643 g/mol. The summed E-state index contributed by atoms with van der Waals surface area (Å²) in [5.74, 6) is -2.39. The van der Waals surface area contributed by atoms with E-state index in [9.17, 15) is 19.5 Å². The molecule has 3 fully saturated rings. The maximum Gasteiger partial charge on any atom is 0.311 e. The molecule has 1 N–H and O–H groups in total. The largest absolute Gasteiger partial charge is 0.465 e. The Balaban J connectivity index is 1.40. The highest BCUT2D eigenvalue weighted by Gasteiger charge is 2.78. The summed E-state index contributed by atoms with van der Waals surface area (Å²) in [4.78, 5) is 46.7. The molecule has 1 spiro atoms. The lowest BCUT2D eigenvalue weighted by molar-refractivity contribution is -0.156. The standard InChI is InChI=1S/C35H41N5O5S/c1-4-6-12-20-45-33(44)29-28-31(42)40(25(22-41)21-24-13-8-7-9-14-24)30(35(28)18-17-34(29,3)46-35)32(43)38(19-5-2)23-39-27-16-11-10-15-26(27)36-37-39/h4-5,7-11,13-16,25,28-30,41H,1-2,6,12,17-23H2,3H3/t25-,28+,29+,30?,34-,35?/m1/s1. The van der Waals surface area contributed by atoms with Crippen molar-refractivity contribution in [2.24, 2.45) is 11.8 Å². The number of amides is 2. The lowest BCUT2D eigenvalue weighted by Gasteiger charge is -2.39. The van der Waals surface area contributed by atoms with E-state index in [0.717, 1.165) is 17.5 Å². The van der Waals surface area contributed by atoms with Crippen molar-refractivity contribution in [1.82, 2.24) is 24.8 Å². The molecule has 3 aliphatic rings. The Morgan fingerprint density at radius 1 is 1.15 bits per heavy atom. The number of benzene rings is 2. The Labute approximate surface area is 273 Å². The topological polar surface area (TPSA) is 118 Å². The van der Waals surface area contributed by atoms with Gasteiger partial charge in [0.15, 0.2) is 0 Å². The van der Waals surface area contributed by atoms with Crippen molar-refractivity contribution < 1.29 is 24.2 Å². The molecule has 0 radical (unpaired) electrons. The molecule has 2 amide bonds. The smallest absolute Gasteiger partial charge is 0.311 e. The van der Waals surface area contributed by atoms with E-state index < -0.39 is 39.4 Å². The zero-order chi connectivity index (χ0) is 32.5. The number of fused-ring (bicyclic) bond motifs is 2. The molecule has 4 heterocycles. The number of likely N-dealkylation sites (tertiary alicyclic amines) is 1. The first-order valence-electron chi connectivity index (χ1n) is 15.9. The van der Waals surface area contributed by atoms with Crippen molar-refractivity contribution in [3.63, 3.8) is 0 Å². The van der Waals surface area contributed by atoms with Crippen molar-refractivity contribution in [3.05, 3.63) is 85.5 Å². The number of thioether (sulfide) groups is 1. The summed E-state index contributed by atoms with van der Waals surface area (Å²) in [6, 6.07) is 15.6. The molecule has 0 saturated carbocycles. The van der Waals surface area contributed by atoms with Crippen LogP contribution in [0.5, 0.6) is 0 Å². The molecule has 11 heteroatoms. The SMILES string of the molecule is C=CCCCOC(=O)[C@@H]1[C@H]2C(=O)N([C@@H](CO)Cc3ccccc3)C(C(=O)N(CC=C)Cn3nnc4ccccc43)C23CC[C@@]1(C)S3. The first-order chi connectivity index (χ1) is 22.3. The molecule has 6 atom stereocenters. The predicted molar refractivity (Wildman–Crippen MR) is 176 cm³/mol. The summed E-state index contributed by atoms with van der Waals surface area (Å²) >= 11 is 1.59. The van der Waals surface area contributed by atoms with Gasteiger partial charge >= 0.3 is 5.97 Å². The molecule has 3 aliphatic heterocycles. The second kappa shape index (κ2) is 13.0. The van der Waals surface area contributed by atoms with Gasteiger partial charge in [0.1, 0.15) is 18.2 Å². The molecular weight excluding hydrogens is 602 g/mol. The summed E-state index contributed by atoms with van der Waals surface area (Å²) < 4.78 is 6.02. The number of carbonyl (C=O) groups excluding carboxylic acids is 3. The second-order valence-electron chi connectivity index (χ2n) is 12.7. The maximum atomic E-state index is 15.0. The van der Waals surface area contributed by atoms with E-state index >= 15 is 0 Å². The van der Waals surface area contributed by atoms with Gasteiger partial charge in [0, 0.05) is 11.3 Å². The van der Waals surface area contributed by atoms with Crippen molar-refractivity contribution in [3.8, 4) is 0 Å². The molecule has 2 unspecified atom stereocenters. The van der Waals surface area contributed by atoms with Crippen LogP contribution in [0.4, 0.5) is 0 Å². The summed E-state index contributed by atoms with van der Waals surface area (Å²) in [7, 11) is 0. The zero-order valence-corrected chi connectivity index (χ0v) is 27.0. The number of unbranched alkanes of at least 4 members (excludes halogenated alkanes) is 1. The van der Waals surface area contributed by atoms with Gasteiger partial charge in [-0.3, -0.25) is 14.4 Å². The molecule has 10 nitrogen and oxygen atoms in total. The summed E-state index contributed by atoms with van der Waals surface area (Å²) in [5.41, 5.74) is 2.43. The predicted octanol–water partition coefficient (Wildman–Crippen LogP) is 4.00. The van der Waals surface area contributed by atoms with Crippen LogP contribution in [0.2, 0.25) is 0 Å². The fraction of sp³-hybridized carbons (Fsp3) is 0.457. The van der Waals surface area contributed by atoms with E-state index in [2.05, 4.69) is 23.5 Å². The Kier molecular flexibility index (Phi) is 9.07. The highest BCUT2D eigenvalue weighted by atomic mass is 32.2. The van der Waals surface area contributed by atoms with Crippen LogP contribution in [0.1, 0.15) is 38.2 Å². The maximum absolute atomic E-state index is 15.0. The van der Waals surface area contributed by atoms with Gasteiger partial charge in [0.2, 0.25) is 11.8 Å². The van der Waals surface area contributed by atoms with Crippen LogP contribution in [0.25, 0.3) is 11.0 Å². The molecule has 2 aromatic carbocycles. The van der Waals surface area contributed by atoms with E-state index in [1.54, 1.807) is 38.4 Å². The third kappa shape index (κ3) is 5.43. The number of esters is 1. The second-order valence-corrected chi connectivity index (χ2v) is 14.6. The first kappa shape index (κ1) is 32.0. The fourth-order valence-electron chi connectivity index (χ4n) is 7.75. The van der Waals surface area contributed by atoms with Crippen LogP contribution in [-0.4, -0.2) is 89.0 Å². The number of aromatic nitrogens is 3. The summed E-state index contributed by atoms with van der Waals surface area (Å²) in [5, 5.41) is 19.4. The van der Waals surface area contributed by atoms with Gasteiger partial charge in [-0.25, -0.2) is 4.68 Å². The number of ether oxygens (including phenoxy) is 1. The fourth-order valence-corrected chi connectivity index (χ4v) is 10.1. The average molecular weight is 644 g/mol. The van der Waals surface area contributed by atoms with Gasteiger partial charge in [-0.1, -0.05) is 59.8 Å². The highest BCUT2D eigenvalue weighted by Crippen LogP contribution is 2.71. The Morgan fingerprint density at radius 3 is 2.65 bits per heavy atom. The van der Waals surface area contributed by atoms with E-state index in [1.165, 1.54) is 0 Å². The lowest BCUT2D eigenvalue weighted by Crippen LogP contribution is -2.58. The molecule has 242 valence electrons. The van der Waals surface area contributed by atoms with Crippen LogP contribution in [0, 0.1) is 11.8 Å². The van der Waals surface area contributed by atoms with Crippen LogP contribution >= 0.6 is 11.8 Å². The summed E-state index contributed by atoms with van der Waals surface area (Å²) in [6.45, 7) is 9.90. The molecule has 1 aromatic heterocycles. The van der Waals surface area contributed by atoms with Gasteiger partial charge < -0.3 is 19.6 Å². The number of rotatable bonds is 14. The average Bonchev–Trinajstić information content (AvgIpc) is 3.77. The molecule has 46 heavy (non-hydrogen) atoms. The van der Waals surface area contributed by atoms with Gasteiger partial charge in [-0.05, 0) is 56.7 Å². The zero-order valence-electron chi connectivity index (χ0n) is 26.2. The van der Waals surface area contributed by atoms with Crippen LogP contribution < -0.4 is 0 Å². The third-order valence-corrected chi connectivity index (χ3v) is 11.8. The highest BCUT2D eigenvalue weighted by molar-refractivity contribution is 8.02. The molecule has 3 aromatic rings. The number of nitrogens with zero attached hydrogens (tertiary/aromatic N) is 5. The number of allylic oxidation sites excluding steroid dienone is 1. The minimum Gasteiger partial charge on any atom is -0.465 e. The van der Waals surface area contributed by atoms with Crippen molar-refractivity contribution >= 4 is 40.6 Å². The lowest BCUT2D eigenvalue weighted by atomic mass is 9.66. The Bertz CT molecular complexity index is 1630. The van der Waals surface area contributed by atoms with Crippen molar-refractivity contribution in [2.45, 2.75) is 67.3 Å². The molecule has 3 saturated heterocycles.